The highest BCUT2D eigenvalue weighted by atomic mass is 35.5. The van der Waals surface area contributed by atoms with Crippen LogP contribution in [0.1, 0.15) is 5.56 Å². The third kappa shape index (κ3) is 3.64. The van der Waals surface area contributed by atoms with E-state index in [0.717, 1.165) is 11.3 Å². The fraction of sp³-hybridized carbons (Fsp3) is 0.455. The minimum atomic E-state index is 0.0392. The van der Waals surface area contributed by atoms with Crippen molar-refractivity contribution in [2.75, 3.05) is 20.8 Å². The van der Waals surface area contributed by atoms with Crippen LogP contribution in [0.25, 0.3) is 0 Å². The van der Waals surface area contributed by atoms with Crippen LogP contribution in [0.3, 0.4) is 0 Å². The molecule has 5 heteroatoms. The van der Waals surface area contributed by atoms with Gasteiger partial charge in [-0.1, -0.05) is 11.6 Å². The molecule has 0 aromatic heterocycles. The summed E-state index contributed by atoms with van der Waals surface area (Å²) in [6.07, 6.45) is 0.702. The third-order valence-electron chi connectivity index (χ3n) is 2.31. The number of hydrogen-bond donors (Lipinski definition) is 2. The predicted molar refractivity (Wildman–Crippen MR) is 64.7 cm³/mol. The molecule has 0 spiro atoms. The topological polar surface area (TPSA) is 56.5 Å². The minimum Gasteiger partial charge on any atom is -0.496 e. The Bertz CT molecular complexity index is 334. The number of ether oxygens (including phenoxy) is 2. The Hall–Kier alpha value is -0.810. The molecule has 0 fully saturated rings. The highest BCUT2D eigenvalue weighted by molar-refractivity contribution is 6.30. The van der Waals surface area contributed by atoms with Gasteiger partial charge >= 0.3 is 0 Å². The van der Waals surface area contributed by atoms with Gasteiger partial charge in [-0.05, 0) is 30.2 Å². The SMILES string of the molecule is COCC(Cc1cc(Cl)ccc1OC)NN. The van der Waals surface area contributed by atoms with Crippen LogP contribution in [0.5, 0.6) is 5.75 Å². The van der Waals surface area contributed by atoms with Crippen molar-refractivity contribution in [1.82, 2.24) is 5.43 Å². The van der Waals surface area contributed by atoms with Gasteiger partial charge in [-0.15, -0.1) is 0 Å². The van der Waals surface area contributed by atoms with E-state index in [4.69, 9.17) is 26.9 Å². The number of benzene rings is 1. The molecule has 1 rings (SSSR count). The second-order valence-corrected chi connectivity index (χ2v) is 3.92. The number of hydrogen-bond acceptors (Lipinski definition) is 4. The first-order chi connectivity index (χ1) is 7.71. The molecule has 0 aliphatic rings. The molecule has 90 valence electrons. The number of rotatable bonds is 6. The van der Waals surface area contributed by atoms with Crippen molar-refractivity contribution in [2.45, 2.75) is 12.5 Å². The van der Waals surface area contributed by atoms with Gasteiger partial charge in [-0.25, -0.2) is 0 Å². The molecule has 0 amide bonds. The Labute approximate surface area is 101 Å². The number of nitrogens with one attached hydrogen (secondary N) is 1. The summed E-state index contributed by atoms with van der Waals surface area (Å²) in [5.74, 6) is 6.24. The van der Waals surface area contributed by atoms with Gasteiger partial charge in [0.25, 0.3) is 0 Å². The molecule has 1 aromatic rings. The van der Waals surface area contributed by atoms with E-state index in [1.807, 2.05) is 12.1 Å². The van der Waals surface area contributed by atoms with Crippen LogP contribution in [-0.4, -0.2) is 26.9 Å². The van der Waals surface area contributed by atoms with Crippen molar-refractivity contribution in [2.24, 2.45) is 5.84 Å². The van der Waals surface area contributed by atoms with Crippen LogP contribution in [0, 0.1) is 0 Å². The van der Waals surface area contributed by atoms with Crippen molar-refractivity contribution in [3.63, 3.8) is 0 Å². The molecule has 0 aliphatic carbocycles. The van der Waals surface area contributed by atoms with Gasteiger partial charge < -0.3 is 9.47 Å². The summed E-state index contributed by atoms with van der Waals surface area (Å²) in [6.45, 7) is 0.534. The molecule has 4 nitrogen and oxygen atoms in total. The Morgan fingerprint density at radius 3 is 2.75 bits per heavy atom. The molecular formula is C11H17ClN2O2. The first-order valence-electron chi connectivity index (χ1n) is 4.98. The molecule has 0 saturated carbocycles. The fourth-order valence-corrected chi connectivity index (χ4v) is 1.73. The molecule has 1 atom stereocenters. The maximum absolute atomic E-state index is 5.94. The molecule has 1 aromatic carbocycles. The molecular weight excluding hydrogens is 228 g/mol. The summed E-state index contributed by atoms with van der Waals surface area (Å²) < 4.78 is 10.3. The Morgan fingerprint density at radius 2 is 2.19 bits per heavy atom. The van der Waals surface area contributed by atoms with Crippen molar-refractivity contribution in [3.05, 3.63) is 28.8 Å². The van der Waals surface area contributed by atoms with Crippen molar-refractivity contribution in [1.29, 1.82) is 0 Å². The van der Waals surface area contributed by atoms with E-state index < -0.39 is 0 Å². The number of methoxy groups -OCH3 is 2. The van der Waals surface area contributed by atoms with Crippen LogP contribution in [0.4, 0.5) is 0 Å². The molecule has 0 heterocycles. The van der Waals surface area contributed by atoms with Crippen LogP contribution >= 0.6 is 11.6 Å². The van der Waals surface area contributed by atoms with Gasteiger partial charge in [0.05, 0.1) is 13.7 Å². The fourth-order valence-electron chi connectivity index (χ4n) is 1.54. The number of nitrogens with two attached hydrogens (primary N) is 1. The summed E-state index contributed by atoms with van der Waals surface area (Å²) >= 11 is 5.94. The van der Waals surface area contributed by atoms with Crippen molar-refractivity contribution >= 4 is 11.6 Å². The Balaban J connectivity index is 2.80. The first kappa shape index (κ1) is 13.3. The number of halogens is 1. The van der Waals surface area contributed by atoms with Crippen LogP contribution in [0.2, 0.25) is 5.02 Å². The molecule has 0 bridgehead atoms. The van der Waals surface area contributed by atoms with E-state index >= 15 is 0 Å². The van der Waals surface area contributed by atoms with E-state index in [9.17, 15) is 0 Å². The van der Waals surface area contributed by atoms with Gasteiger partial charge in [0.2, 0.25) is 0 Å². The van der Waals surface area contributed by atoms with E-state index in [-0.39, 0.29) is 6.04 Å². The standard InChI is InChI=1S/C11H17ClN2O2/c1-15-7-10(14-13)6-8-5-9(12)3-4-11(8)16-2/h3-5,10,14H,6-7,13H2,1-2H3. The smallest absolute Gasteiger partial charge is 0.122 e. The second kappa shape index (κ2) is 6.70. The van der Waals surface area contributed by atoms with Gasteiger partial charge in [-0.3, -0.25) is 11.3 Å². The van der Waals surface area contributed by atoms with E-state index in [1.54, 1.807) is 20.3 Å². The van der Waals surface area contributed by atoms with E-state index in [0.29, 0.717) is 18.1 Å². The maximum atomic E-state index is 5.94. The van der Waals surface area contributed by atoms with Crippen molar-refractivity contribution in [3.8, 4) is 5.75 Å². The van der Waals surface area contributed by atoms with Gasteiger partial charge in [0.1, 0.15) is 5.75 Å². The predicted octanol–water partition coefficient (Wildman–Crippen LogP) is 1.37. The summed E-state index contributed by atoms with van der Waals surface area (Å²) in [5, 5.41) is 0.684. The van der Waals surface area contributed by atoms with Gasteiger partial charge in [0, 0.05) is 18.2 Å². The molecule has 16 heavy (non-hydrogen) atoms. The first-order valence-corrected chi connectivity index (χ1v) is 5.36. The van der Waals surface area contributed by atoms with Crippen molar-refractivity contribution < 1.29 is 9.47 Å². The van der Waals surface area contributed by atoms with Crippen LogP contribution in [0.15, 0.2) is 18.2 Å². The second-order valence-electron chi connectivity index (χ2n) is 3.48. The lowest BCUT2D eigenvalue weighted by molar-refractivity contribution is 0.166. The highest BCUT2D eigenvalue weighted by Gasteiger charge is 2.11. The molecule has 0 saturated heterocycles. The normalized spacial score (nSPS) is 12.5. The molecule has 0 radical (unpaired) electrons. The zero-order valence-corrected chi connectivity index (χ0v) is 10.3. The zero-order valence-electron chi connectivity index (χ0n) is 9.50. The molecule has 3 N–H and O–H groups in total. The van der Waals surface area contributed by atoms with E-state index in [2.05, 4.69) is 5.43 Å². The average molecular weight is 245 g/mol. The largest absolute Gasteiger partial charge is 0.496 e. The van der Waals surface area contributed by atoms with Gasteiger partial charge in [0.15, 0.2) is 0 Å². The molecule has 0 aliphatic heterocycles. The monoisotopic (exact) mass is 244 g/mol. The molecule has 1 unspecified atom stereocenters. The maximum Gasteiger partial charge on any atom is 0.122 e. The summed E-state index contributed by atoms with van der Waals surface area (Å²) in [7, 11) is 3.27. The zero-order chi connectivity index (χ0) is 12.0. The highest BCUT2D eigenvalue weighted by Crippen LogP contribution is 2.23. The minimum absolute atomic E-state index is 0.0392. The van der Waals surface area contributed by atoms with Crippen LogP contribution < -0.4 is 16.0 Å². The lowest BCUT2D eigenvalue weighted by Crippen LogP contribution is -2.40. The third-order valence-corrected chi connectivity index (χ3v) is 2.55. The lowest BCUT2D eigenvalue weighted by atomic mass is 10.1. The Kier molecular flexibility index (Phi) is 5.55. The summed E-state index contributed by atoms with van der Waals surface area (Å²) in [5.41, 5.74) is 3.71. The lowest BCUT2D eigenvalue weighted by Gasteiger charge is -2.16. The summed E-state index contributed by atoms with van der Waals surface area (Å²) in [4.78, 5) is 0. The Morgan fingerprint density at radius 1 is 1.44 bits per heavy atom. The summed E-state index contributed by atoms with van der Waals surface area (Å²) in [6, 6.07) is 5.56. The average Bonchev–Trinajstić information content (AvgIpc) is 2.29. The quantitative estimate of drug-likeness (QED) is 0.586. The van der Waals surface area contributed by atoms with E-state index in [1.165, 1.54) is 0 Å². The number of hydrazine groups is 1. The van der Waals surface area contributed by atoms with Crippen LogP contribution in [-0.2, 0) is 11.2 Å². The van der Waals surface area contributed by atoms with Gasteiger partial charge in [-0.2, -0.15) is 0 Å².